The minimum Gasteiger partial charge on any atom is -0.368 e. The number of rotatable bonds is 6. The van der Waals surface area contributed by atoms with Crippen LogP contribution in [0.25, 0.3) is 0 Å². The number of guanidine groups is 1. The lowest BCUT2D eigenvalue weighted by Crippen LogP contribution is -2.45. The van der Waals surface area contributed by atoms with Gasteiger partial charge < -0.3 is 20.9 Å². The number of amides is 3. The van der Waals surface area contributed by atoms with Gasteiger partial charge >= 0.3 is 6.03 Å². The Morgan fingerprint density at radius 1 is 1.36 bits per heavy atom. The largest absolute Gasteiger partial charge is 0.368 e. The van der Waals surface area contributed by atoms with E-state index in [-0.39, 0.29) is 55.0 Å². The highest BCUT2D eigenvalue weighted by molar-refractivity contribution is 14.0. The van der Waals surface area contributed by atoms with Gasteiger partial charge in [-0.25, -0.2) is 4.79 Å². The quantitative estimate of drug-likeness (QED) is 0.212. The van der Waals surface area contributed by atoms with Crippen molar-refractivity contribution in [3.8, 4) is 0 Å². The molecule has 1 aromatic rings. The Kier molecular flexibility index (Phi) is 8.80. The second-order valence-corrected chi connectivity index (χ2v) is 7.35. The summed E-state index contributed by atoms with van der Waals surface area (Å²) in [7, 11) is 0. The van der Waals surface area contributed by atoms with Gasteiger partial charge in [0, 0.05) is 30.1 Å². The van der Waals surface area contributed by atoms with Crippen LogP contribution in [-0.4, -0.2) is 68.1 Å². The van der Waals surface area contributed by atoms with Crippen LogP contribution in [0.4, 0.5) is 10.5 Å². The number of para-hydroxylation sites is 1. The summed E-state index contributed by atoms with van der Waals surface area (Å²) in [5.41, 5.74) is 1.20. The smallest absolute Gasteiger partial charge is 0.324 e. The molecule has 28 heavy (non-hydrogen) atoms. The lowest BCUT2D eigenvalue weighted by Gasteiger charge is -2.21. The van der Waals surface area contributed by atoms with Crippen molar-refractivity contribution in [1.82, 2.24) is 20.9 Å². The van der Waals surface area contributed by atoms with E-state index >= 15 is 0 Å². The van der Waals surface area contributed by atoms with Crippen LogP contribution in [0, 0.1) is 0 Å². The molecule has 2 aliphatic heterocycles. The molecule has 3 rings (SSSR count). The number of halogens is 2. The van der Waals surface area contributed by atoms with E-state index in [9.17, 15) is 9.59 Å². The Morgan fingerprint density at radius 3 is 2.82 bits per heavy atom. The van der Waals surface area contributed by atoms with Crippen molar-refractivity contribution in [1.29, 1.82) is 0 Å². The third-order valence-electron chi connectivity index (χ3n) is 4.60. The van der Waals surface area contributed by atoms with E-state index < -0.39 is 0 Å². The summed E-state index contributed by atoms with van der Waals surface area (Å²) >= 11 is 3.62. The van der Waals surface area contributed by atoms with Crippen LogP contribution in [0.2, 0.25) is 0 Å². The van der Waals surface area contributed by atoms with E-state index in [1.165, 1.54) is 10.6 Å². The Balaban J connectivity index is 0.00000280. The standard InChI is InChI=1S/C18H25BrN6O2.HI/c1-2-20-17(21-8-10-25-16(26)11-22-18(25)27)23-13-7-9-24(12-13)15-6-4-3-5-14(15)19;/h3-6,13H,2,7-12H2,1H3,(H,22,27)(H2,20,21,23);1H. The number of carbonyl (C=O) groups excluding carboxylic acids is 2. The number of hydrogen-bond acceptors (Lipinski definition) is 4. The lowest BCUT2D eigenvalue weighted by atomic mass is 10.3. The van der Waals surface area contributed by atoms with Crippen molar-refractivity contribution in [2.75, 3.05) is 44.2 Å². The molecule has 0 saturated carbocycles. The number of nitrogens with zero attached hydrogens (tertiary/aromatic N) is 3. The molecule has 2 fully saturated rings. The molecule has 0 aromatic heterocycles. The lowest BCUT2D eigenvalue weighted by molar-refractivity contribution is -0.124. The first-order valence-electron chi connectivity index (χ1n) is 9.21. The minimum atomic E-state index is -0.340. The SMILES string of the molecule is CCNC(=NCCN1C(=O)CNC1=O)NC1CCN(c2ccccc2Br)C1.I. The average Bonchev–Trinajstić information content (AvgIpc) is 3.23. The number of aliphatic imine (C=N–C) groups is 1. The minimum absolute atomic E-state index is 0. The van der Waals surface area contributed by atoms with Crippen molar-refractivity contribution in [3.05, 3.63) is 28.7 Å². The molecule has 3 amide bonds. The van der Waals surface area contributed by atoms with Crippen LogP contribution in [-0.2, 0) is 4.79 Å². The summed E-state index contributed by atoms with van der Waals surface area (Å²) in [5, 5.41) is 9.21. The first kappa shape index (κ1) is 22.7. The zero-order chi connectivity index (χ0) is 19.2. The second-order valence-electron chi connectivity index (χ2n) is 6.49. The summed E-state index contributed by atoms with van der Waals surface area (Å²) in [6.07, 6.45) is 1.01. The van der Waals surface area contributed by atoms with Gasteiger partial charge in [0.1, 0.15) is 0 Å². The summed E-state index contributed by atoms with van der Waals surface area (Å²) in [4.78, 5) is 31.3. The van der Waals surface area contributed by atoms with Gasteiger partial charge in [0.15, 0.2) is 5.96 Å². The zero-order valence-electron chi connectivity index (χ0n) is 15.8. The normalized spacial score (nSPS) is 19.5. The van der Waals surface area contributed by atoms with E-state index in [1.54, 1.807) is 0 Å². The van der Waals surface area contributed by atoms with Crippen LogP contribution in [0.1, 0.15) is 13.3 Å². The summed E-state index contributed by atoms with van der Waals surface area (Å²) in [6, 6.07) is 8.17. The third kappa shape index (κ3) is 5.72. The fourth-order valence-corrected chi connectivity index (χ4v) is 3.80. The van der Waals surface area contributed by atoms with Gasteiger partial charge in [-0.2, -0.15) is 0 Å². The molecule has 1 atom stereocenters. The van der Waals surface area contributed by atoms with Crippen LogP contribution >= 0.6 is 39.9 Å². The van der Waals surface area contributed by atoms with Crippen LogP contribution in [0.5, 0.6) is 0 Å². The highest BCUT2D eigenvalue weighted by Gasteiger charge is 2.28. The Bertz CT molecular complexity index is 716. The fraction of sp³-hybridized carbons (Fsp3) is 0.500. The van der Waals surface area contributed by atoms with E-state index in [4.69, 9.17) is 0 Å². The second kappa shape index (κ2) is 10.8. The van der Waals surface area contributed by atoms with Gasteiger partial charge in [-0.3, -0.25) is 14.7 Å². The molecule has 0 aliphatic carbocycles. The number of benzene rings is 1. The Hall–Kier alpha value is -1.56. The highest BCUT2D eigenvalue weighted by Crippen LogP contribution is 2.28. The van der Waals surface area contributed by atoms with Crippen LogP contribution in [0.15, 0.2) is 33.7 Å². The van der Waals surface area contributed by atoms with Crippen molar-refractivity contribution in [3.63, 3.8) is 0 Å². The molecule has 2 aliphatic rings. The highest BCUT2D eigenvalue weighted by atomic mass is 127. The number of urea groups is 1. The topological polar surface area (TPSA) is 89.1 Å². The molecule has 154 valence electrons. The molecule has 1 unspecified atom stereocenters. The maximum absolute atomic E-state index is 11.6. The predicted molar refractivity (Wildman–Crippen MR) is 124 cm³/mol. The van der Waals surface area contributed by atoms with Crippen molar-refractivity contribution >= 4 is 63.5 Å². The molecule has 0 radical (unpaired) electrons. The molecule has 2 saturated heterocycles. The molecule has 3 N–H and O–H groups in total. The van der Waals surface area contributed by atoms with E-state index in [0.717, 1.165) is 30.5 Å². The van der Waals surface area contributed by atoms with Gasteiger partial charge in [0.25, 0.3) is 0 Å². The number of anilines is 1. The summed E-state index contributed by atoms with van der Waals surface area (Å²) < 4.78 is 1.10. The number of carbonyl (C=O) groups is 2. The van der Waals surface area contributed by atoms with Gasteiger partial charge in [-0.1, -0.05) is 12.1 Å². The number of nitrogens with one attached hydrogen (secondary N) is 3. The van der Waals surface area contributed by atoms with Gasteiger partial charge in [0.05, 0.1) is 25.3 Å². The molecule has 0 spiro atoms. The number of hydrogen-bond donors (Lipinski definition) is 3. The first-order valence-corrected chi connectivity index (χ1v) is 10.00. The molecule has 2 heterocycles. The fourth-order valence-electron chi connectivity index (χ4n) is 3.26. The van der Waals surface area contributed by atoms with E-state index in [1.807, 2.05) is 19.1 Å². The maximum Gasteiger partial charge on any atom is 0.324 e. The molecule has 10 heteroatoms. The van der Waals surface area contributed by atoms with Crippen LogP contribution in [0.3, 0.4) is 0 Å². The number of imide groups is 1. The third-order valence-corrected chi connectivity index (χ3v) is 5.27. The molecule has 1 aromatic carbocycles. The molecule has 8 nitrogen and oxygen atoms in total. The van der Waals surface area contributed by atoms with Gasteiger partial charge in [0.2, 0.25) is 5.91 Å². The maximum atomic E-state index is 11.6. The Labute approximate surface area is 190 Å². The van der Waals surface area contributed by atoms with Gasteiger partial charge in [-0.05, 0) is 41.4 Å². The molecular weight excluding hydrogens is 539 g/mol. The zero-order valence-corrected chi connectivity index (χ0v) is 19.7. The van der Waals surface area contributed by atoms with E-state index in [0.29, 0.717) is 12.5 Å². The summed E-state index contributed by atoms with van der Waals surface area (Å²) in [6.45, 7) is 5.35. The van der Waals surface area contributed by atoms with E-state index in [2.05, 4.69) is 53.9 Å². The summed E-state index contributed by atoms with van der Waals surface area (Å²) in [5.74, 6) is 0.511. The first-order chi connectivity index (χ1) is 13.1. The van der Waals surface area contributed by atoms with Crippen LogP contribution < -0.4 is 20.9 Å². The van der Waals surface area contributed by atoms with Crippen molar-refractivity contribution in [2.24, 2.45) is 4.99 Å². The Morgan fingerprint density at radius 2 is 2.14 bits per heavy atom. The molecular formula is C18H26BrIN6O2. The average molecular weight is 565 g/mol. The monoisotopic (exact) mass is 564 g/mol. The van der Waals surface area contributed by atoms with Crippen molar-refractivity contribution < 1.29 is 9.59 Å². The van der Waals surface area contributed by atoms with Gasteiger partial charge in [-0.15, -0.1) is 24.0 Å². The molecule has 0 bridgehead atoms. The predicted octanol–water partition coefficient (Wildman–Crippen LogP) is 1.75. The van der Waals surface area contributed by atoms with Crippen molar-refractivity contribution in [2.45, 2.75) is 19.4 Å².